The van der Waals surface area contributed by atoms with E-state index in [1.54, 1.807) is 18.7 Å². The van der Waals surface area contributed by atoms with Gasteiger partial charge in [-0.2, -0.15) is 0 Å². The van der Waals surface area contributed by atoms with Crippen molar-refractivity contribution < 1.29 is 0 Å². The molecule has 0 bridgehead atoms. The highest BCUT2D eigenvalue weighted by molar-refractivity contribution is 5.40. The van der Waals surface area contributed by atoms with Crippen LogP contribution in [0.25, 0.3) is 0 Å². The smallest absolute Gasteiger partial charge is 0.155 e. The van der Waals surface area contributed by atoms with Crippen molar-refractivity contribution >= 4 is 0 Å². The Kier molecular flexibility index (Phi) is 9.80. The lowest BCUT2D eigenvalue weighted by molar-refractivity contribution is 0.137. The first-order chi connectivity index (χ1) is 19.3. The molecule has 1 fully saturated rings. The molecule has 0 radical (unpaired) electrons. The van der Waals surface area contributed by atoms with Gasteiger partial charge in [0.15, 0.2) is 11.6 Å². The van der Waals surface area contributed by atoms with Gasteiger partial charge in [0.25, 0.3) is 0 Å². The average molecular weight is 581 g/mol. The molecule has 0 aliphatic carbocycles. The van der Waals surface area contributed by atoms with Crippen LogP contribution in [0, 0.1) is 0 Å². The molecule has 3 aliphatic rings. The van der Waals surface area contributed by atoms with Gasteiger partial charge in [0.1, 0.15) is 5.82 Å². The Bertz CT molecular complexity index is 1120. The van der Waals surface area contributed by atoms with Crippen molar-refractivity contribution in [3.05, 3.63) is 65.7 Å². The topological polar surface area (TPSA) is 48.1 Å². The normalized spacial score (nSPS) is 18.6. The van der Waals surface area contributed by atoms with Crippen LogP contribution in [0.4, 0.5) is 0 Å². The summed E-state index contributed by atoms with van der Waals surface area (Å²) in [6.07, 6.45) is 9.62. The Hall–Kier alpha value is -3.03. The Morgan fingerprint density at radius 1 is 0.667 bits per heavy atom. The number of aromatic nitrogens is 2. The molecule has 4 heterocycles. The molecular formula is C34H60N8. The van der Waals surface area contributed by atoms with Gasteiger partial charge in [-0.1, -0.05) is 0 Å². The highest BCUT2D eigenvalue weighted by Gasteiger charge is 2.49. The van der Waals surface area contributed by atoms with Crippen molar-refractivity contribution in [1.29, 1.82) is 0 Å². The van der Waals surface area contributed by atoms with Crippen LogP contribution in [-0.4, -0.2) is 81.2 Å². The van der Waals surface area contributed by atoms with E-state index in [4.69, 9.17) is 0 Å². The molecular weight excluding hydrogens is 520 g/mol. The van der Waals surface area contributed by atoms with Crippen LogP contribution in [0.1, 0.15) is 111 Å². The van der Waals surface area contributed by atoms with Gasteiger partial charge in [-0.3, -0.25) is 0 Å². The van der Waals surface area contributed by atoms with Crippen LogP contribution >= 0.6 is 0 Å². The van der Waals surface area contributed by atoms with Crippen LogP contribution in [0.15, 0.2) is 65.7 Å². The summed E-state index contributed by atoms with van der Waals surface area (Å²) < 4.78 is 0. The first kappa shape index (κ1) is 33.5. The fourth-order valence-corrected chi connectivity index (χ4v) is 6.23. The molecule has 1 saturated heterocycles. The van der Waals surface area contributed by atoms with E-state index in [2.05, 4.69) is 163 Å². The molecule has 1 N–H and O–H groups in total. The summed E-state index contributed by atoms with van der Waals surface area (Å²) in [4.78, 5) is 21.8. The zero-order valence-corrected chi connectivity index (χ0v) is 29.5. The zero-order valence-electron chi connectivity index (χ0n) is 29.5. The van der Waals surface area contributed by atoms with Crippen LogP contribution in [0.2, 0.25) is 0 Å². The summed E-state index contributed by atoms with van der Waals surface area (Å²) in [6.45, 7) is 38.1. The van der Waals surface area contributed by atoms with E-state index in [9.17, 15) is 0 Å². The molecule has 8 nitrogen and oxygen atoms in total. The molecule has 8 heteroatoms. The molecule has 42 heavy (non-hydrogen) atoms. The number of hydrogen-bond acceptors (Lipinski definition) is 7. The molecule has 1 aromatic heterocycles. The Balaban J connectivity index is 0.000000873. The van der Waals surface area contributed by atoms with Gasteiger partial charge in [0, 0.05) is 71.4 Å². The Labute approximate surface area is 257 Å². The molecule has 0 aromatic carbocycles. The fraction of sp³-hybridized carbons (Fsp3) is 0.676. The van der Waals surface area contributed by atoms with Gasteiger partial charge < -0.3 is 34.4 Å². The number of nitrogens with one attached hydrogen (secondary N) is 1. The third-order valence-corrected chi connectivity index (χ3v) is 8.12. The van der Waals surface area contributed by atoms with Crippen molar-refractivity contribution in [2.45, 2.75) is 146 Å². The fourth-order valence-electron chi connectivity index (χ4n) is 6.23. The van der Waals surface area contributed by atoms with Gasteiger partial charge >= 0.3 is 0 Å². The average Bonchev–Trinajstić information content (AvgIpc) is 3.63. The molecule has 0 amide bonds. The van der Waals surface area contributed by atoms with Crippen molar-refractivity contribution in [3.8, 4) is 0 Å². The quantitative estimate of drug-likeness (QED) is 0.396. The first-order valence-corrected chi connectivity index (χ1v) is 15.8. The predicted molar refractivity (Wildman–Crippen MR) is 176 cm³/mol. The number of hydrogen-bond donors (Lipinski definition) is 1. The highest BCUT2D eigenvalue weighted by Crippen LogP contribution is 2.47. The second kappa shape index (κ2) is 12.3. The monoisotopic (exact) mass is 580 g/mol. The number of aromatic amines is 1. The van der Waals surface area contributed by atoms with Gasteiger partial charge in [-0.05, 0) is 111 Å². The maximum Gasteiger partial charge on any atom is 0.155 e. The molecule has 4 rings (SSSR count). The van der Waals surface area contributed by atoms with E-state index in [1.165, 1.54) is 34.6 Å². The molecule has 0 atom stereocenters. The summed E-state index contributed by atoms with van der Waals surface area (Å²) in [5, 5.41) is 0. The molecule has 0 spiro atoms. The summed E-state index contributed by atoms with van der Waals surface area (Å²) in [5.41, 5.74) is 3.94. The molecule has 3 aliphatic heterocycles. The van der Waals surface area contributed by atoms with Gasteiger partial charge in [-0.15, -0.1) is 0 Å². The lowest BCUT2D eigenvalue weighted by Gasteiger charge is -2.44. The van der Waals surface area contributed by atoms with E-state index < -0.39 is 0 Å². The van der Waals surface area contributed by atoms with Gasteiger partial charge in [0.05, 0.1) is 18.6 Å². The van der Waals surface area contributed by atoms with Crippen molar-refractivity contribution in [1.82, 2.24) is 39.4 Å². The summed E-state index contributed by atoms with van der Waals surface area (Å²) in [7, 11) is 0. The number of rotatable bonds is 4. The minimum Gasteiger partial charge on any atom is -0.351 e. The maximum atomic E-state index is 3.67. The second-order valence-electron chi connectivity index (χ2n) is 14.8. The largest absolute Gasteiger partial charge is 0.351 e. The molecule has 236 valence electrons. The van der Waals surface area contributed by atoms with E-state index in [-0.39, 0.29) is 11.1 Å². The van der Waals surface area contributed by atoms with Crippen LogP contribution in [-0.2, 0) is 0 Å². The lowest BCUT2D eigenvalue weighted by Crippen LogP contribution is -2.47. The van der Waals surface area contributed by atoms with E-state index >= 15 is 0 Å². The predicted octanol–water partition coefficient (Wildman–Crippen LogP) is 7.50. The number of imidazole rings is 1. The highest BCUT2D eigenvalue weighted by atomic mass is 15.5. The summed E-state index contributed by atoms with van der Waals surface area (Å²) >= 11 is 0. The number of allylic oxidation sites excluding steroid dienone is 2. The van der Waals surface area contributed by atoms with Crippen molar-refractivity contribution in [2.75, 3.05) is 6.54 Å². The Morgan fingerprint density at radius 2 is 1.14 bits per heavy atom. The van der Waals surface area contributed by atoms with Crippen molar-refractivity contribution in [2.24, 2.45) is 0 Å². The summed E-state index contributed by atoms with van der Waals surface area (Å²) in [5.74, 6) is 3.94. The maximum absolute atomic E-state index is 3.67. The van der Waals surface area contributed by atoms with E-state index in [0.717, 1.165) is 6.54 Å². The van der Waals surface area contributed by atoms with Gasteiger partial charge in [-0.25, -0.2) is 4.98 Å². The first-order valence-electron chi connectivity index (χ1n) is 15.8. The minimum atomic E-state index is -0.117. The van der Waals surface area contributed by atoms with E-state index in [1.807, 2.05) is 0 Å². The number of H-pyrrole nitrogens is 1. The van der Waals surface area contributed by atoms with Crippen LogP contribution < -0.4 is 0 Å². The standard InChI is InChI=1S/C31H56N6.C3H4N2/c1-20(2)32-17-18-33(21(3)4)28(32)29-34(30(11,12)13)19-26(37(29)31(14,15)16)27-35(22(5)6)24(9)25(10)36(27)23(7)8;1-2-5-3-4-1/h17-18,20-23H,19H2,1-16H3;1-3H,(H,4,5). The third-order valence-electron chi connectivity index (χ3n) is 8.12. The summed E-state index contributed by atoms with van der Waals surface area (Å²) in [6, 6.07) is 1.46. The van der Waals surface area contributed by atoms with Crippen LogP contribution in [0.3, 0.4) is 0 Å². The molecule has 1 aromatic rings. The van der Waals surface area contributed by atoms with Crippen LogP contribution in [0.5, 0.6) is 0 Å². The molecule has 0 unspecified atom stereocenters. The zero-order chi connectivity index (χ0) is 31.9. The second-order valence-corrected chi connectivity index (χ2v) is 14.8. The SMILES string of the molecule is CC1=C(C)N(C(C)C)C(=C2CN(C(C)(C)C)C(=C3N(C(C)C)C=CN3C(C)C)N2C(C)(C)C)N1C(C)C.c1c[nH]cn1. The minimum absolute atomic E-state index is 0.0521. The number of nitrogens with zero attached hydrogens (tertiary/aromatic N) is 7. The molecule has 0 saturated carbocycles. The lowest BCUT2D eigenvalue weighted by atomic mass is 10.0. The third kappa shape index (κ3) is 6.32. The Morgan fingerprint density at radius 3 is 1.43 bits per heavy atom. The van der Waals surface area contributed by atoms with Crippen molar-refractivity contribution in [3.63, 3.8) is 0 Å². The van der Waals surface area contributed by atoms with Gasteiger partial charge in [0.2, 0.25) is 0 Å². The van der Waals surface area contributed by atoms with E-state index in [0.29, 0.717) is 24.2 Å².